The molecular formula is C30H43ClN4O5. The summed E-state index contributed by atoms with van der Waals surface area (Å²) in [6, 6.07) is 8.10. The van der Waals surface area contributed by atoms with Gasteiger partial charge in [0.25, 0.3) is 0 Å². The van der Waals surface area contributed by atoms with E-state index in [0.717, 1.165) is 35.0 Å². The van der Waals surface area contributed by atoms with Gasteiger partial charge in [0.15, 0.2) is 12.5 Å². The third kappa shape index (κ3) is 6.74. The van der Waals surface area contributed by atoms with Gasteiger partial charge in [0, 0.05) is 60.6 Å². The van der Waals surface area contributed by atoms with Gasteiger partial charge in [0.2, 0.25) is 0 Å². The van der Waals surface area contributed by atoms with E-state index in [-0.39, 0.29) is 55.4 Å². The van der Waals surface area contributed by atoms with Crippen molar-refractivity contribution in [1.29, 1.82) is 0 Å². The smallest absolute Gasteiger partial charge is 0.407 e. The minimum atomic E-state index is -0.610. The molecule has 1 aliphatic carbocycles. The highest BCUT2D eigenvalue weighted by Crippen LogP contribution is 2.34. The van der Waals surface area contributed by atoms with Crippen LogP contribution in [-0.2, 0) is 27.7 Å². The van der Waals surface area contributed by atoms with Crippen LogP contribution in [0.2, 0.25) is 0 Å². The maximum Gasteiger partial charge on any atom is 0.407 e. The van der Waals surface area contributed by atoms with Crippen LogP contribution in [0.15, 0.2) is 36.7 Å². The zero-order valence-electron chi connectivity index (χ0n) is 24.6. The van der Waals surface area contributed by atoms with E-state index in [4.69, 9.17) is 9.47 Å². The molecule has 2 aliphatic rings. The van der Waals surface area contributed by atoms with Crippen molar-refractivity contribution in [2.45, 2.75) is 66.2 Å². The summed E-state index contributed by atoms with van der Waals surface area (Å²) in [7, 11) is 2.04. The Bertz CT molecular complexity index is 1260. The number of carbonyl (C=O) groups excluding carboxylic acids is 3. The zero-order valence-corrected chi connectivity index (χ0v) is 25.4. The number of halogens is 1. The van der Waals surface area contributed by atoms with Gasteiger partial charge in [-0.25, -0.2) is 4.79 Å². The number of hydrogen-bond acceptors (Lipinski definition) is 7. The van der Waals surface area contributed by atoms with Crippen LogP contribution in [-0.4, -0.2) is 63.8 Å². The molecule has 9 nitrogen and oxygen atoms in total. The van der Waals surface area contributed by atoms with Gasteiger partial charge >= 0.3 is 12.1 Å². The number of esters is 1. The SMILES string of the molecule is CC(C)C(CNC(=O)OC(C)(C)C)C(=O)OCN1C=CN(CC2CCc3c(c4ccccc4n3C)C2=O)C1C.Cl. The molecule has 1 aliphatic heterocycles. The Morgan fingerprint density at radius 1 is 1.12 bits per heavy atom. The van der Waals surface area contributed by atoms with E-state index < -0.39 is 17.6 Å². The number of nitrogens with zero attached hydrogens (tertiary/aromatic N) is 3. The van der Waals surface area contributed by atoms with Crippen molar-refractivity contribution in [2.24, 2.45) is 24.8 Å². The third-order valence-electron chi connectivity index (χ3n) is 7.74. The first-order chi connectivity index (χ1) is 18.4. The Morgan fingerprint density at radius 2 is 1.80 bits per heavy atom. The first-order valence-electron chi connectivity index (χ1n) is 13.8. The maximum absolute atomic E-state index is 13.6. The minimum Gasteiger partial charge on any atom is -0.444 e. The normalized spacial score (nSPS) is 19.4. The Labute approximate surface area is 243 Å². The number of alkyl carbamates (subject to hydrolysis) is 1. The number of fused-ring (bicyclic) bond motifs is 3. The molecule has 0 saturated carbocycles. The van der Waals surface area contributed by atoms with Gasteiger partial charge in [-0.15, -0.1) is 12.4 Å². The molecule has 0 bridgehead atoms. The lowest BCUT2D eigenvalue weighted by atomic mass is 9.84. The fourth-order valence-corrected chi connectivity index (χ4v) is 5.41. The number of amides is 1. The molecule has 4 rings (SSSR count). The molecule has 1 aromatic heterocycles. The van der Waals surface area contributed by atoms with E-state index in [1.165, 1.54) is 0 Å². The Kier molecular flexibility index (Phi) is 9.82. The number of aromatic nitrogens is 1. The molecular weight excluding hydrogens is 532 g/mol. The molecule has 3 atom stereocenters. The molecule has 2 aromatic rings. The quantitative estimate of drug-likeness (QED) is 0.440. The minimum absolute atomic E-state index is 0. The molecule has 1 N–H and O–H groups in total. The third-order valence-corrected chi connectivity index (χ3v) is 7.74. The molecule has 10 heteroatoms. The van der Waals surface area contributed by atoms with Gasteiger partial charge in [-0.05, 0) is 52.5 Å². The number of ether oxygens (including phenoxy) is 2. The second kappa shape index (κ2) is 12.5. The van der Waals surface area contributed by atoms with Crippen LogP contribution < -0.4 is 5.32 Å². The Morgan fingerprint density at radius 3 is 2.48 bits per heavy atom. The van der Waals surface area contributed by atoms with E-state index in [1.807, 2.05) is 63.3 Å². The van der Waals surface area contributed by atoms with Gasteiger partial charge in [-0.2, -0.15) is 0 Å². The van der Waals surface area contributed by atoms with Crippen molar-refractivity contribution in [3.63, 3.8) is 0 Å². The summed E-state index contributed by atoms with van der Waals surface area (Å²) >= 11 is 0. The summed E-state index contributed by atoms with van der Waals surface area (Å²) in [4.78, 5) is 42.6. The van der Waals surface area contributed by atoms with Crippen LogP contribution >= 0.6 is 12.4 Å². The standard InChI is InChI=1S/C30H42N4O5.ClH/c1-19(2)23(16-31-29(37)39-30(4,5)6)28(36)38-18-34-15-14-33(20(34)3)17-21-12-13-25-26(27(21)35)22-10-8-9-11-24(22)32(25)7;/h8-11,14-15,19-21,23H,12-13,16-18H2,1-7H3,(H,31,37);1H. The fourth-order valence-electron chi connectivity index (χ4n) is 5.41. The van der Waals surface area contributed by atoms with Gasteiger partial charge in [-0.1, -0.05) is 32.0 Å². The van der Waals surface area contributed by atoms with Crippen molar-refractivity contribution >= 4 is 41.2 Å². The Hall–Kier alpha value is -3.20. The highest BCUT2D eigenvalue weighted by Gasteiger charge is 2.35. The summed E-state index contributed by atoms with van der Waals surface area (Å²) in [5.41, 5.74) is 2.48. The van der Waals surface area contributed by atoms with Gasteiger partial charge in [0.05, 0.1) is 5.92 Å². The zero-order chi connectivity index (χ0) is 28.5. The predicted octanol–water partition coefficient (Wildman–Crippen LogP) is 5.08. The van der Waals surface area contributed by atoms with Crippen LogP contribution in [0.3, 0.4) is 0 Å². The summed E-state index contributed by atoms with van der Waals surface area (Å²) in [5, 5.41) is 3.71. The van der Waals surface area contributed by atoms with Crippen LogP contribution in [0.5, 0.6) is 0 Å². The monoisotopic (exact) mass is 574 g/mol. The fraction of sp³-hybridized carbons (Fsp3) is 0.567. The van der Waals surface area contributed by atoms with Crippen molar-refractivity contribution in [3.05, 3.63) is 47.9 Å². The molecule has 1 aromatic carbocycles. The molecule has 2 heterocycles. The lowest BCUT2D eigenvalue weighted by Gasteiger charge is -2.33. The average molecular weight is 575 g/mol. The molecule has 220 valence electrons. The van der Waals surface area contributed by atoms with Crippen molar-refractivity contribution in [2.75, 3.05) is 19.8 Å². The largest absolute Gasteiger partial charge is 0.444 e. The highest BCUT2D eigenvalue weighted by molar-refractivity contribution is 6.11. The number of carbonyl (C=O) groups is 3. The first kappa shape index (κ1) is 31.3. The lowest BCUT2D eigenvalue weighted by Crippen LogP contribution is -2.43. The Balaban J connectivity index is 0.00000441. The summed E-state index contributed by atoms with van der Waals surface area (Å²) in [5.74, 6) is -0.777. The van der Waals surface area contributed by atoms with E-state index in [9.17, 15) is 14.4 Å². The van der Waals surface area contributed by atoms with Crippen molar-refractivity contribution < 1.29 is 23.9 Å². The number of aryl methyl sites for hydroxylation is 1. The van der Waals surface area contributed by atoms with Gasteiger partial charge in [0.1, 0.15) is 11.8 Å². The second-order valence-electron chi connectivity index (χ2n) is 12.0. The molecule has 3 unspecified atom stereocenters. The first-order valence-corrected chi connectivity index (χ1v) is 13.8. The second-order valence-corrected chi connectivity index (χ2v) is 12.0. The lowest BCUT2D eigenvalue weighted by molar-refractivity contribution is -0.154. The van der Waals surface area contributed by atoms with Gasteiger partial charge in [-0.3, -0.25) is 9.59 Å². The van der Waals surface area contributed by atoms with Crippen molar-refractivity contribution in [3.8, 4) is 0 Å². The predicted molar refractivity (Wildman–Crippen MR) is 157 cm³/mol. The van der Waals surface area contributed by atoms with Crippen LogP contribution in [0, 0.1) is 17.8 Å². The van der Waals surface area contributed by atoms with E-state index >= 15 is 0 Å². The summed E-state index contributed by atoms with van der Waals surface area (Å²) in [6.07, 6.45) is 4.94. The molecule has 0 fully saturated rings. The molecule has 1 amide bonds. The number of Topliss-reactive ketones (excluding diaryl/α,β-unsaturated/α-hetero) is 1. The number of hydrogen-bond donors (Lipinski definition) is 1. The topological polar surface area (TPSA) is 93.1 Å². The molecule has 0 spiro atoms. The van der Waals surface area contributed by atoms with Crippen molar-refractivity contribution in [1.82, 2.24) is 19.7 Å². The van der Waals surface area contributed by atoms with Crippen LogP contribution in [0.25, 0.3) is 10.9 Å². The average Bonchev–Trinajstić information content (AvgIpc) is 3.35. The number of benzene rings is 1. The number of para-hydroxylation sites is 1. The molecule has 40 heavy (non-hydrogen) atoms. The summed E-state index contributed by atoms with van der Waals surface area (Å²) < 4.78 is 13.1. The van der Waals surface area contributed by atoms with Crippen LogP contribution in [0.4, 0.5) is 4.79 Å². The van der Waals surface area contributed by atoms with E-state index in [2.05, 4.69) is 20.9 Å². The van der Waals surface area contributed by atoms with Crippen LogP contribution in [0.1, 0.15) is 64.0 Å². The highest BCUT2D eigenvalue weighted by atomic mass is 35.5. The molecule has 0 radical (unpaired) electrons. The van der Waals surface area contributed by atoms with Gasteiger partial charge < -0.3 is 29.2 Å². The number of rotatable bonds is 8. The van der Waals surface area contributed by atoms with E-state index in [0.29, 0.717) is 6.54 Å². The number of nitrogens with one attached hydrogen (secondary N) is 1. The summed E-state index contributed by atoms with van der Waals surface area (Å²) in [6.45, 7) is 12.1. The maximum atomic E-state index is 13.6. The number of ketones is 1. The van der Waals surface area contributed by atoms with E-state index in [1.54, 1.807) is 20.8 Å². The molecule has 0 saturated heterocycles.